The zero-order valence-electron chi connectivity index (χ0n) is 15.9. The van der Waals surface area contributed by atoms with Crippen molar-refractivity contribution >= 4 is 17.6 Å². The first-order chi connectivity index (χ1) is 12.5. The Kier molecular flexibility index (Phi) is 5.69. The molecule has 0 saturated carbocycles. The molecule has 0 bridgehead atoms. The summed E-state index contributed by atoms with van der Waals surface area (Å²) in [6, 6.07) is 7.33. The first-order valence-electron chi connectivity index (χ1n) is 9.55. The molecule has 26 heavy (non-hydrogen) atoms. The minimum absolute atomic E-state index is 0.0415. The highest BCUT2D eigenvalue weighted by Crippen LogP contribution is 2.25. The average molecular weight is 359 g/mol. The number of piperidine rings is 1. The van der Waals surface area contributed by atoms with Crippen LogP contribution in [0.5, 0.6) is 5.75 Å². The second-order valence-corrected chi connectivity index (χ2v) is 7.63. The molecular weight excluding hydrogens is 330 g/mol. The molecule has 0 radical (unpaired) electrons. The Morgan fingerprint density at radius 3 is 2.42 bits per heavy atom. The zero-order valence-corrected chi connectivity index (χ0v) is 15.9. The molecule has 142 valence electrons. The lowest BCUT2D eigenvalue weighted by Crippen LogP contribution is -2.50. The van der Waals surface area contributed by atoms with Gasteiger partial charge in [-0.15, -0.1) is 0 Å². The van der Waals surface area contributed by atoms with Crippen LogP contribution in [0, 0.1) is 11.8 Å². The second kappa shape index (κ2) is 7.98. The van der Waals surface area contributed by atoms with Crippen LogP contribution in [0.15, 0.2) is 24.3 Å². The van der Waals surface area contributed by atoms with Crippen LogP contribution in [0.4, 0.5) is 10.5 Å². The molecule has 2 saturated heterocycles. The van der Waals surface area contributed by atoms with E-state index in [0.29, 0.717) is 31.4 Å². The molecule has 2 aliphatic heterocycles. The van der Waals surface area contributed by atoms with Crippen LogP contribution >= 0.6 is 0 Å². The van der Waals surface area contributed by atoms with E-state index in [1.54, 1.807) is 4.90 Å². The first kappa shape index (κ1) is 18.5. The number of carbonyl (C=O) groups excluding carboxylic acids is 2. The van der Waals surface area contributed by atoms with Gasteiger partial charge in [0, 0.05) is 31.7 Å². The van der Waals surface area contributed by atoms with Gasteiger partial charge >= 0.3 is 6.03 Å². The molecule has 2 aliphatic rings. The van der Waals surface area contributed by atoms with Crippen LogP contribution in [-0.2, 0) is 4.79 Å². The maximum absolute atomic E-state index is 12.6. The Labute approximate surface area is 155 Å². The number of hydrogen-bond donors (Lipinski definition) is 1. The molecule has 0 aromatic heterocycles. The van der Waals surface area contributed by atoms with E-state index in [4.69, 9.17) is 4.74 Å². The lowest BCUT2D eigenvalue weighted by atomic mass is 9.92. The largest absolute Gasteiger partial charge is 0.494 e. The quantitative estimate of drug-likeness (QED) is 0.899. The van der Waals surface area contributed by atoms with Crippen molar-refractivity contribution in [3.05, 3.63) is 24.3 Å². The molecule has 0 aliphatic carbocycles. The fourth-order valence-corrected chi connectivity index (χ4v) is 4.04. The van der Waals surface area contributed by atoms with Gasteiger partial charge in [-0.25, -0.2) is 4.79 Å². The summed E-state index contributed by atoms with van der Waals surface area (Å²) in [5.74, 6) is 1.88. The van der Waals surface area contributed by atoms with Crippen LogP contribution in [0.25, 0.3) is 0 Å². The van der Waals surface area contributed by atoms with Crippen LogP contribution in [-0.4, -0.2) is 49.1 Å². The fraction of sp³-hybridized carbons (Fsp3) is 0.600. The lowest BCUT2D eigenvalue weighted by Gasteiger charge is -2.35. The van der Waals surface area contributed by atoms with Crippen molar-refractivity contribution in [1.29, 1.82) is 0 Å². The Morgan fingerprint density at radius 1 is 1.15 bits per heavy atom. The number of nitrogens with zero attached hydrogens (tertiary/aromatic N) is 2. The van der Waals surface area contributed by atoms with E-state index in [2.05, 4.69) is 19.2 Å². The van der Waals surface area contributed by atoms with Crippen LogP contribution in [0.1, 0.15) is 33.6 Å². The van der Waals surface area contributed by atoms with E-state index in [0.717, 1.165) is 30.9 Å². The molecule has 6 heteroatoms. The number of ether oxygens (including phenoxy) is 1. The van der Waals surface area contributed by atoms with Crippen LogP contribution in [0.3, 0.4) is 0 Å². The number of benzene rings is 1. The Bertz CT molecular complexity index is 636. The average Bonchev–Trinajstić information content (AvgIpc) is 2.95. The lowest BCUT2D eigenvalue weighted by molar-refractivity contribution is -0.117. The Morgan fingerprint density at radius 2 is 1.81 bits per heavy atom. The molecule has 3 rings (SSSR count). The minimum Gasteiger partial charge on any atom is -0.494 e. The van der Waals surface area contributed by atoms with Gasteiger partial charge in [-0.1, -0.05) is 13.8 Å². The minimum atomic E-state index is -0.144. The van der Waals surface area contributed by atoms with Gasteiger partial charge in [0.2, 0.25) is 5.91 Å². The number of hydrogen-bond acceptors (Lipinski definition) is 3. The summed E-state index contributed by atoms with van der Waals surface area (Å²) in [5, 5.41) is 3.05. The predicted molar refractivity (Wildman–Crippen MR) is 101 cm³/mol. The summed E-state index contributed by atoms with van der Waals surface area (Å²) in [5.41, 5.74) is 0.843. The van der Waals surface area contributed by atoms with Gasteiger partial charge in [0.15, 0.2) is 0 Å². The van der Waals surface area contributed by atoms with Gasteiger partial charge in [0.05, 0.1) is 12.6 Å². The number of likely N-dealkylation sites (tertiary alicyclic amines) is 1. The summed E-state index contributed by atoms with van der Waals surface area (Å²) in [7, 11) is 0. The molecule has 1 aromatic carbocycles. The number of nitrogens with one attached hydrogen (secondary N) is 1. The molecule has 1 aromatic rings. The van der Waals surface area contributed by atoms with Crippen molar-refractivity contribution in [2.45, 2.75) is 39.7 Å². The summed E-state index contributed by atoms with van der Waals surface area (Å²) < 4.78 is 5.44. The zero-order chi connectivity index (χ0) is 18.7. The first-order valence-corrected chi connectivity index (χ1v) is 9.55. The maximum atomic E-state index is 12.6. The number of urea groups is 1. The van der Waals surface area contributed by atoms with E-state index in [9.17, 15) is 9.59 Å². The second-order valence-electron chi connectivity index (χ2n) is 7.63. The Balaban J connectivity index is 1.58. The summed E-state index contributed by atoms with van der Waals surface area (Å²) >= 11 is 0. The number of amides is 3. The summed E-state index contributed by atoms with van der Waals surface area (Å²) in [4.78, 5) is 28.6. The van der Waals surface area contributed by atoms with Gasteiger partial charge in [0.25, 0.3) is 0 Å². The van der Waals surface area contributed by atoms with E-state index in [1.165, 1.54) is 0 Å². The van der Waals surface area contributed by atoms with Crippen molar-refractivity contribution in [2.75, 3.05) is 31.1 Å². The number of rotatable bonds is 4. The molecule has 3 amide bonds. The summed E-state index contributed by atoms with van der Waals surface area (Å²) in [6.07, 6.45) is 1.51. The van der Waals surface area contributed by atoms with Crippen molar-refractivity contribution in [3.8, 4) is 5.75 Å². The highest BCUT2D eigenvalue weighted by molar-refractivity contribution is 5.96. The van der Waals surface area contributed by atoms with Crippen molar-refractivity contribution in [3.63, 3.8) is 0 Å². The maximum Gasteiger partial charge on any atom is 0.317 e. The highest BCUT2D eigenvalue weighted by atomic mass is 16.5. The predicted octanol–water partition coefficient (Wildman–Crippen LogP) is 2.88. The molecule has 6 nitrogen and oxygen atoms in total. The van der Waals surface area contributed by atoms with E-state index in [-0.39, 0.29) is 18.0 Å². The third kappa shape index (κ3) is 4.29. The van der Waals surface area contributed by atoms with Gasteiger partial charge in [-0.05, 0) is 49.4 Å². The fourth-order valence-electron chi connectivity index (χ4n) is 4.04. The third-order valence-electron chi connectivity index (χ3n) is 5.07. The SMILES string of the molecule is CCOc1ccc(N2C[C@H](NC(=O)N3C[C@@H](C)C[C@H](C)C3)CC2=O)cc1. The van der Waals surface area contributed by atoms with Crippen molar-refractivity contribution in [1.82, 2.24) is 10.2 Å². The molecule has 0 unspecified atom stereocenters. The smallest absolute Gasteiger partial charge is 0.317 e. The normalized spacial score (nSPS) is 26.1. The van der Waals surface area contributed by atoms with E-state index < -0.39 is 0 Å². The van der Waals surface area contributed by atoms with Gasteiger partial charge in [0.1, 0.15) is 5.75 Å². The van der Waals surface area contributed by atoms with Crippen molar-refractivity contribution in [2.24, 2.45) is 11.8 Å². The van der Waals surface area contributed by atoms with Gasteiger partial charge < -0.3 is 19.9 Å². The molecular formula is C20H29N3O3. The number of carbonyl (C=O) groups is 2. The molecule has 0 spiro atoms. The summed E-state index contributed by atoms with van der Waals surface area (Å²) in [6.45, 7) is 9.01. The van der Waals surface area contributed by atoms with Crippen LogP contribution < -0.4 is 15.0 Å². The number of anilines is 1. The molecule has 1 N–H and O–H groups in total. The monoisotopic (exact) mass is 359 g/mol. The molecule has 2 fully saturated rings. The molecule has 2 heterocycles. The standard InChI is InChI=1S/C20H29N3O3/c1-4-26-18-7-5-17(6-8-18)23-13-16(10-19(23)24)21-20(25)22-11-14(2)9-15(3)12-22/h5-8,14-16H,4,9-13H2,1-3H3,(H,21,25)/t14-,15-,16+/m0/s1. The van der Waals surface area contributed by atoms with Gasteiger partial charge in [-0.2, -0.15) is 0 Å². The van der Waals surface area contributed by atoms with Gasteiger partial charge in [-0.3, -0.25) is 4.79 Å². The topological polar surface area (TPSA) is 61.9 Å². The Hall–Kier alpha value is -2.24. The third-order valence-corrected chi connectivity index (χ3v) is 5.07. The van der Waals surface area contributed by atoms with Crippen molar-refractivity contribution < 1.29 is 14.3 Å². The van der Waals surface area contributed by atoms with E-state index >= 15 is 0 Å². The molecule has 3 atom stereocenters. The highest BCUT2D eigenvalue weighted by Gasteiger charge is 2.33. The van der Waals surface area contributed by atoms with Crippen LogP contribution in [0.2, 0.25) is 0 Å². The van der Waals surface area contributed by atoms with E-state index in [1.807, 2.05) is 36.1 Å².